The third kappa shape index (κ3) is 84.3. The lowest BCUT2D eigenvalue weighted by Gasteiger charge is -2.24. The number of hydrogen-bond donors (Lipinski definition) is 0. The van der Waals surface area contributed by atoms with Gasteiger partial charge in [-0.1, -0.05) is 18.2 Å². The lowest BCUT2D eigenvalue weighted by molar-refractivity contribution is -0.143. The fraction of sp³-hybridized carbons (Fsp3) is 0.886. The third-order valence-corrected chi connectivity index (χ3v) is 12.9. The Kier molecular flexibility index (Phi) is 83.4. The zero-order valence-corrected chi connectivity index (χ0v) is 62.3. The van der Waals surface area contributed by atoms with Crippen LogP contribution in [0.4, 0.5) is 5.69 Å². The van der Waals surface area contributed by atoms with Crippen LogP contribution in [0.3, 0.4) is 0 Å². The van der Waals surface area contributed by atoms with Gasteiger partial charge in [0.25, 0.3) is 0 Å². The van der Waals surface area contributed by atoms with E-state index in [0.717, 1.165) is 5.69 Å². The molecule has 0 radical (unpaired) electrons. The summed E-state index contributed by atoms with van der Waals surface area (Å²) in [5.41, 5.74) is 1.11. The minimum absolute atomic E-state index is 0.247. The van der Waals surface area contributed by atoms with Gasteiger partial charge in [-0.3, -0.25) is 9.59 Å². The van der Waals surface area contributed by atoms with Gasteiger partial charge in [0, 0.05) is 32.6 Å². The number of rotatable bonds is 91. The number of anilines is 1. The van der Waals surface area contributed by atoms with Crippen LogP contribution in [0.2, 0.25) is 0 Å². The molecule has 0 aliphatic rings. The molecule has 0 atom stereocenters. The summed E-state index contributed by atoms with van der Waals surface area (Å²) in [4.78, 5) is 23.6. The van der Waals surface area contributed by atoms with E-state index in [2.05, 4.69) is 17.0 Å². The molecular weight excluding hydrogens is 1370 g/mol. The van der Waals surface area contributed by atoms with Gasteiger partial charge in [0.15, 0.2) is 0 Å². The Hall–Kier alpha value is -3.16. The average Bonchev–Trinajstić information content (AvgIpc) is 0.928. The number of carbonyl (C=O) groups is 2. The smallest absolute Gasteiger partial charge is 0.302 e. The molecule has 0 heterocycles. The SMILES string of the molecule is CC(=O)OCCOCCOCCOCCOCCOCCOCCOCCOCCOCCOCCOCCOCCOCCOCCN(CCOCCOCCOCCOCCOCCOCCOCCOCCOCCOCCOCCOCCOCCOCCOC(C)=O)c1ccccc1. The van der Waals surface area contributed by atoms with Gasteiger partial charge in [0.05, 0.1) is 370 Å². The van der Waals surface area contributed by atoms with Crippen LogP contribution >= 0.6 is 0 Å². The lowest BCUT2D eigenvalue weighted by Crippen LogP contribution is -2.31. The van der Waals surface area contributed by atoms with Crippen molar-refractivity contribution in [2.75, 3.05) is 401 Å². The van der Waals surface area contributed by atoms with Gasteiger partial charge in [-0.25, -0.2) is 0 Å². The van der Waals surface area contributed by atoms with Crippen molar-refractivity contribution in [3.63, 3.8) is 0 Å². The molecule has 0 spiro atoms. The summed E-state index contributed by atoms with van der Waals surface area (Å²) in [6, 6.07) is 10.2. The van der Waals surface area contributed by atoms with Gasteiger partial charge in [0.1, 0.15) is 13.2 Å². The highest BCUT2D eigenvalue weighted by atomic mass is 16.6. The van der Waals surface area contributed by atoms with Gasteiger partial charge >= 0.3 is 11.9 Å². The quantitative estimate of drug-likeness (QED) is 0.0666. The molecular formula is C70H131NO32. The van der Waals surface area contributed by atoms with Gasteiger partial charge in [-0.15, -0.1) is 0 Å². The van der Waals surface area contributed by atoms with E-state index in [4.69, 9.17) is 142 Å². The number of nitrogens with zero attached hydrogens (tertiary/aromatic N) is 1. The monoisotopic (exact) mass is 1500 g/mol. The van der Waals surface area contributed by atoms with Crippen molar-refractivity contribution in [2.24, 2.45) is 0 Å². The Balaban J connectivity index is 1.73. The highest BCUT2D eigenvalue weighted by Crippen LogP contribution is 2.12. The second-order valence-corrected chi connectivity index (χ2v) is 21.1. The number of carbonyl (C=O) groups excluding carboxylic acids is 2. The molecule has 33 nitrogen and oxygen atoms in total. The zero-order chi connectivity index (χ0) is 73.5. The second-order valence-electron chi connectivity index (χ2n) is 21.1. The van der Waals surface area contributed by atoms with Crippen molar-refractivity contribution in [1.29, 1.82) is 0 Å². The van der Waals surface area contributed by atoms with Gasteiger partial charge in [0.2, 0.25) is 0 Å². The Morgan fingerprint density at radius 1 is 0.184 bits per heavy atom. The average molecular weight is 1500 g/mol. The summed E-state index contributed by atoms with van der Waals surface area (Å²) in [6.45, 7) is 31.1. The topological polar surface area (TPSA) is 314 Å². The first-order valence-corrected chi connectivity index (χ1v) is 36.3. The van der Waals surface area contributed by atoms with E-state index in [9.17, 15) is 9.59 Å². The number of para-hydroxylation sites is 1. The number of esters is 2. The van der Waals surface area contributed by atoms with Crippen LogP contribution < -0.4 is 4.90 Å². The predicted molar refractivity (Wildman–Crippen MR) is 375 cm³/mol. The number of hydrogen-bond acceptors (Lipinski definition) is 33. The fourth-order valence-corrected chi connectivity index (χ4v) is 7.77. The number of ether oxygens (including phenoxy) is 30. The van der Waals surface area contributed by atoms with Crippen molar-refractivity contribution < 1.29 is 152 Å². The minimum atomic E-state index is -0.319. The van der Waals surface area contributed by atoms with Crippen molar-refractivity contribution >= 4 is 17.6 Å². The third-order valence-electron chi connectivity index (χ3n) is 12.9. The molecule has 0 aromatic heterocycles. The van der Waals surface area contributed by atoms with Crippen LogP contribution in [-0.4, -0.2) is 408 Å². The summed E-state index contributed by atoms with van der Waals surface area (Å²) in [7, 11) is 0. The molecule has 0 aliphatic heterocycles. The maximum atomic E-state index is 10.7. The van der Waals surface area contributed by atoms with Crippen LogP contribution in [0.5, 0.6) is 0 Å². The van der Waals surface area contributed by atoms with Crippen LogP contribution in [0.1, 0.15) is 13.8 Å². The van der Waals surface area contributed by atoms with Crippen molar-refractivity contribution in [3.05, 3.63) is 30.3 Å². The second kappa shape index (κ2) is 87.7. The summed E-state index contributed by atoms with van der Waals surface area (Å²) >= 11 is 0. The van der Waals surface area contributed by atoms with E-state index in [0.29, 0.717) is 383 Å². The minimum Gasteiger partial charge on any atom is -0.463 e. The molecule has 1 aromatic carbocycles. The summed E-state index contributed by atoms with van der Waals surface area (Å²) in [6.07, 6.45) is 0. The normalized spacial score (nSPS) is 11.6. The van der Waals surface area contributed by atoms with E-state index >= 15 is 0 Å². The first kappa shape index (κ1) is 97.9. The van der Waals surface area contributed by atoms with Crippen LogP contribution in [0.25, 0.3) is 0 Å². The van der Waals surface area contributed by atoms with Crippen molar-refractivity contribution in [3.8, 4) is 0 Å². The molecule has 0 fully saturated rings. The maximum absolute atomic E-state index is 10.7. The van der Waals surface area contributed by atoms with E-state index in [-0.39, 0.29) is 25.2 Å². The van der Waals surface area contributed by atoms with Crippen LogP contribution in [0.15, 0.2) is 30.3 Å². The first-order valence-electron chi connectivity index (χ1n) is 36.3. The molecule has 0 bridgehead atoms. The Bertz CT molecular complexity index is 1680. The van der Waals surface area contributed by atoms with Crippen molar-refractivity contribution in [2.45, 2.75) is 13.8 Å². The molecule has 33 heteroatoms. The van der Waals surface area contributed by atoms with E-state index in [1.165, 1.54) is 13.8 Å². The molecule has 0 amide bonds. The molecule has 0 aliphatic carbocycles. The highest BCUT2D eigenvalue weighted by Gasteiger charge is 2.08. The molecule has 608 valence electrons. The first-order chi connectivity index (χ1) is 51.1. The van der Waals surface area contributed by atoms with Crippen molar-refractivity contribution in [1.82, 2.24) is 0 Å². The lowest BCUT2D eigenvalue weighted by atomic mass is 10.3. The standard InChI is InChI=1S/C70H131NO32/c1-68(72)102-66-64-100-62-60-98-58-56-96-54-52-94-50-48-92-46-44-90-42-40-88-38-36-86-34-32-84-30-28-82-26-24-80-22-20-78-18-16-76-14-12-74-10-8-71(70-6-4-3-5-7-70)9-11-75-13-15-77-17-19-79-21-23-81-25-27-83-29-31-85-33-35-87-37-39-89-41-43-91-45-47-93-49-51-95-53-55-97-57-59-99-61-63-101-65-67-103-69(2)73/h3-7H,8-67H2,1-2H3. The van der Waals surface area contributed by atoms with Gasteiger partial charge in [-0.05, 0) is 12.1 Å². The zero-order valence-electron chi connectivity index (χ0n) is 62.3. The predicted octanol–water partition coefficient (Wildman–Crippen LogP) is 2.08. The molecule has 0 saturated heterocycles. The molecule has 0 N–H and O–H groups in total. The van der Waals surface area contributed by atoms with E-state index in [1.807, 2.05) is 18.2 Å². The van der Waals surface area contributed by atoms with E-state index < -0.39 is 0 Å². The molecule has 1 rings (SSSR count). The number of benzene rings is 1. The molecule has 1 aromatic rings. The molecule has 0 saturated carbocycles. The molecule has 103 heavy (non-hydrogen) atoms. The summed E-state index contributed by atoms with van der Waals surface area (Å²) < 4.78 is 165. The van der Waals surface area contributed by atoms with Gasteiger partial charge in [-0.2, -0.15) is 0 Å². The Morgan fingerprint density at radius 3 is 0.427 bits per heavy atom. The maximum Gasteiger partial charge on any atom is 0.302 e. The summed E-state index contributed by atoms with van der Waals surface area (Å²) in [5, 5.41) is 0. The Morgan fingerprint density at radius 2 is 0.301 bits per heavy atom. The van der Waals surface area contributed by atoms with Crippen LogP contribution in [0, 0.1) is 0 Å². The largest absolute Gasteiger partial charge is 0.463 e. The fourth-order valence-electron chi connectivity index (χ4n) is 7.77. The Labute approximate surface area is 612 Å². The highest BCUT2D eigenvalue weighted by molar-refractivity contribution is 5.66. The summed E-state index contributed by atoms with van der Waals surface area (Å²) in [5.74, 6) is -0.637. The molecule has 0 unspecified atom stereocenters. The van der Waals surface area contributed by atoms with Crippen LogP contribution in [-0.2, 0) is 152 Å². The van der Waals surface area contributed by atoms with Gasteiger partial charge < -0.3 is 147 Å². The van der Waals surface area contributed by atoms with E-state index in [1.54, 1.807) is 0 Å².